The van der Waals surface area contributed by atoms with Crippen molar-refractivity contribution in [3.63, 3.8) is 0 Å². The predicted octanol–water partition coefficient (Wildman–Crippen LogP) is 1.33. The van der Waals surface area contributed by atoms with E-state index in [1.165, 1.54) is 0 Å². The number of amides is 1. The zero-order valence-corrected chi connectivity index (χ0v) is 10.2. The first-order valence-electron chi connectivity index (χ1n) is 4.85. The molecule has 1 heterocycles. The molecule has 0 aromatic carbocycles. The van der Waals surface area contributed by atoms with Crippen molar-refractivity contribution < 1.29 is 9.53 Å². The summed E-state index contributed by atoms with van der Waals surface area (Å²) in [5.74, 6) is 0.351. The number of rotatable bonds is 1. The highest BCUT2D eigenvalue weighted by molar-refractivity contribution is 7.81. The van der Waals surface area contributed by atoms with Crippen molar-refractivity contribution in [2.45, 2.75) is 38.9 Å². The number of thiol groups is 1. The quantitative estimate of drug-likeness (QED) is 0.672. The first-order chi connectivity index (χ1) is 6.26. The molecule has 0 unspecified atom stereocenters. The molecule has 0 radical (unpaired) electrons. The number of ether oxygens (including phenoxy) is 1. The Bertz CT molecular complexity index is 222. The van der Waals surface area contributed by atoms with E-state index in [0.717, 1.165) is 0 Å². The van der Waals surface area contributed by atoms with Crippen LogP contribution in [0.3, 0.4) is 0 Å². The Kier molecular flexibility index (Phi) is 3.17. The largest absolute Gasteiger partial charge is 0.366 e. The van der Waals surface area contributed by atoms with E-state index < -0.39 is 0 Å². The third-order valence-corrected chi connectivity index (χ3v) is 2.45. The zero-order chi connectivity index (χ0) is 11.0. The van der Waals surface area contributed by atoms with E-state index >= 15 is 0 Å². The predicted molar refractivity (Wildman–Crippen MR) is 59.7 cm³/mol. The summed E-state index contributed by atoms with van der Waals surface area (Å²) >= 11 is 4.01. The van der Waals surface area contributed by atoms with Gasteiger partial charge in [-0.15, -0.1) is 0 Å². The van der Waals surface area contributed by atoms with E-state index in [-0.39, 0.29) is 22.9 Å². The second kappa shape index (κ2) is 3.74. The van der Waals surface area contributed by atoms with E-state index in [1.807, 2.05) is 32.6 Å². The average Bonchev–Trinajstić information content (AvgIpc) is 1.97. The van der Waals surface area contributed by atoms with Gasteiger partial charge in [0.2, 0.25) is 5.91 Å². The minimum atomic E-state index is -0.264. The van der Waals surface area contributed by atoms with Crippen molar-refractivity contribution in [3.8, 4) is 0 Å². The Labute approximate surface area is 91.2 Å². The van der Waals surface area contributed by atoms with Gasteiger partial charge in [0.05, 0.1) is 17.0 Å². The third-order valence-electron chi connectivity index (χ3n) is 2.18. The van der Waals surface area contributed by atoms with E-state index in [4.69, 9.17) is 4.74 Å². The number of carbonyl (C=O) groups is 1. The van der Waals surface area contributed by atoms with Gasteiger partial charge in [0, 0.05) is 13.1 Å². The van der Waals surface area contributed by atoms with Crippen molar-refractivity contribution in [2.75, 3.05) is 18.8 Å². The highest BCUT2D eigenvalue weighted by Gasteiger charge is 2.39. The maximum atomic E-state index is 11.5. The molecule has 0 saturated carbocycles. The molecule has 1 amide bonds. The molecular formula is C10H19NO2S. The summed E-state index contributed by atoms with van der Waals surface area (Å²) in [5.41, 5.74) is -0.527. The first kappa shape index (κ1) is 11.9. The molecule has 0 bridgehead atoms. The molecule has 4 heteroatoms. The monoisotopic (exact) mass is 217 g/mol. The van der Waals surface area contributed by atoms with Crippen LogP contribution in [-0.2, 0) is 9.53 Å². The highest BCUT2D eigenvalue weighted by Crippen LogP contribution is 2.27. The van der Waals surface area contributed by atoms with Crippen LogP contribution in [0.5, 0.6) is 0 Å². The van der Waals surface area contributed by atoms with Gasteiger partial charge in [-0.1, -0.05) is 0 Å². The van der Waals surface area contributed by atoms with E-state index in [0.29, 0.717) is 13.1 Å². The number of hydrogen-bond acceptors (Lipinski definition) is 3. The van der Waals surface area contributed by atoms with Crippen molar-refractivity contribution in [1.29, 1.82) is 0 Å². The number of morpholine rings is 1. The molecule has 0 aliphatic carbocycles. The molecular weight excluding hydrogens is 198 g/mol. The van der Waals surface area contributed by atoms with Crippen molar-refractivity contribution in [1.82, 2.24) is 4.90 Å². The van der Waals surface area contributed by atoms with Crippen LogP contribution in [0.1, 0.15) is 27.7 Å². The van der Waals surface area contributed by atoms with Gasteiger partial charge in [0.25, 0.3) is 0 Å². The lowest BCUT2D eigenvalue weighted by atomic mass is 9.99. The fourth-order valence-corrected chi connectivity index (χ4v) is 2.26. The van der Waals surface area contributed by atoms with E-state index in [2.05, 4.69) is 12.6 Å². The van der Waals surface area contributed by atoms with Gasteiger partial charge >= 0.3 is 0 Å². The Balaban J connectivity index is 2.76. The average molecular weight is 217 g/mol. The van der Waals surface area contributed by atoms with Crippen molar-refractivity contribution >= 4 is 18.5 Å². The summed E-state index contributed by atoms with van der Waals surface area (Å²) in [6.07, 6.45) is 0. The van der Waals surface area contributed by atoms with Crippen LogP contribution in [0.2, 0.25) is 0 Å². The van der Waals surface area contributed by atoms with Crippen LogP contribution >= 0.6 is 12.6 Å². The Morgan fingerprint density at radius 1 is 1.29 bits per heavy atom. The SMILES string of the molecule is CC1(C)CN(C(=O)CS)CC(C)(C)O1. The molecule has 3 nitrogen and oxygen atoms in total. The second-order valence-corrected chi connectivity index (χ2v) is 5.35. The third kappa shape index (κ3) is 2.89. The van der Waals surface area contributed by atoms with Gasteiger partial charge in [-0.3, -0.25) is 4.79 Å². The fraction of sp³-hybridized carbons (Fsp3) is 0.900. The summed E-state index contributed by atoms with van der Waals surface area (Å²) in [5, 5.41) is 0. The number of carbonyl (C=O) groups excluding carboxylic acids is 1. The molecule has 1 rings (SSSR count). The lowest BCUT2D eigenvalue weighted by molar-refractivity contribution is -0.186. The Morgan fingerprint density at radius 3 is 2.07 bits per heavy atom. The van der Waals surface area contributed by atoms with Gasteiger partial charge in [-0.2, -0.15) is 12.6 Å². The smallest absolute Gasteiger partial charge is 0.232 e. The van der Waals surface area contributed by atoms with E-state index in [1.54, 1.807) is 0 Å². The summed E-state index contributed by atoms with van der Waals surface area (Å²) in [7, 11) is 0. The maximum Gasteiger partial charge on any atom is 0.232 e. The van der Waals surface area contributed by atoms with Crippen LogP contribution in [0.15, 0.2) is 0 Å². The van der Waals surface area contributed by atoms with Gasteiger partial charge < -0.3 is 9.64 Å². The van der Waals surface area contributed by atoms with E-state index in [9.17, 15) is 4.79 Å². The minimum absolute atomic E-state index is 0.0813. The molecule has 82 valence electrons. The molecule has 0 atom stereocenters. The van der Waals surface area contributed by atoms with Crippen molar-refractivity contribution in [2.24, 2.45) is 0 Å². The molecule has 14 heavy (non-hydrogen) atoms. The standard InChI is InChI=1S/C10H19NO2S/c1-9(2)6-11(8(12)5-14)7-10(3,4)13-9/h14H,5-7H2,1-4H3. The normalized spacial score (nSPS) is 24.8. The summed E-state index contributed by atoms with van der Waals surface area (Å²) in [4.78, 5) is 13.4. The summed E-state index contributed by atoms with van der Waals surface area (Å²) in [6.45, 7) is 9.32. The first-order valence-corrected chi connectivity index (χ1v) is 5.48. The molecule has 1 saturated heterocycles. The lowest BCUT2D eigenvalue weighted by Gasteiger charge is -2.47. The van der Waals surface area contributed by atoms with Gasteiger partial charge in [0.1, 0.15) is 0 Å². The van der Waals surface area contributed by atoms with Crippen molar-refractivity contribution in [3.05, 3.63) is 0 Å². The van der Waals surface area contributed by atoms with Crippen LogP contribution in [0, 0.1) is 0 Å². The lowest BCUT2D eigenvalue weighted by Crippen LogP contribution is -2.58. The van der Waals surface area contributed by atoms with Crippen LogP contribution in [0.4, 0.5) is 0 Å². The molecule has 1 fully saturated rings. The molecule has 0 spiro atoms. The summed E-state index contributed by atoms with van der Waals surface area (Å²) in [6, 6.07) is 0. The van der Waals surface area contributed by atoms with Crippen LogP contribution in [0.25, 0.3) is 0 Å². The van der Waals surface area contributed by atoms with Crippen LogP contribution < -0.4 is 0 Å². The van der Waals surface area contributed by atoms with Crippen LogP contribution in [-0.4, -0.2) is 40.9 Å². The Morgan fingerprint density at radius 2 is 1.71 bits per heavy atom. The topological polar surface area (TPSA) is 29.5 Å². The molecule has 1 aliphatic heterocycles. The number of nitrogens with zero attached hydrogens (tertiary/aromatic N) is 1. The Hall–Kier alpha value is -0.220. The summed E-state index contributed by atoms with van der Waals surface area (Å²) < 4.78 is 5.87. The highest BCUT2D eigenvalue weighted by atomic mass is 32.1. The zero-order valence-electron chi connectivity index (χ0n) is 9.33. The van der Waals surface area contributed by atoms with Gasteiger partial charge in [-0.25, -0.2) is 0 Å². The fourth-order valence-electron chi connectivity index (χ4n) is 2.06. The van der Waals surface area contributed by atoms with Gasteiger partial charge in [-0.05, 0) is 27.7 Å². The van der Waals surface area contributed by atoms with Gasteiger partial charge in [0.15, 0.2) is 0 Å². The molecule has 0 aromatic rings. The molecule has 1 aliphatic rings. The second-order valence-electron chi connectivity index (χ2n) is 5.03. The molecule has 0 N–H and O–H groups in total. The maximum absolute atomic E-state index is 11.5. The molecule has 0 aromatic heterocycles. The number of hydrogen-bond donors (Lipinski definition) is 1. The minimum Gasteiger partial charge on any atom is -0.366 e.